The second-order valence-corrected chi connectivity index (χ2v) is 8.77. The zero-order valence-electron chi connectivity index (χ0n) is 17.0. The molecule has 0 saturated heterocycles. The van der Waals surface area contributed by atoms with Crippen molar-refractivity contribution in [3.05, 3.63) is 86.8 Å². The smallest absolute Gasteiger partial charge is 0.213 e. The summed E-state index contributed by atoms with van der Waals surface area (Å²) in [4.78, 5) is 0. The molecule has 0 spiro atoms. The number of hydrazone groups is 1. The minimum absolute atomic E-state index is 0.0270. The molecule has 158 valence electrons. The molecule has 3 aromatic rings. The molecule has 0 aromatic heterocycles. The summed E-state index contributed by atoms with van der Waals surface area (Å²) in [6.07, 6.45) is 0.406. The molecule has 0 bridgehead atoms. The summed E-state index contributed by atoms with van der Waals surface area (Å²) in [5, 5.41) is 7.71. The molecule has 5 rings (SSSR count). The van der Waals surface area contributed by atoms with Gasteiger partial charge in [-0.05, 0) is 48.5 Å². The fraction of sp³-hybridized carbons (Fsp3) is 0.208. The number of benzene rings is 3. The highest BCUT2D eigenvalue weighted by molar-refractivity contribution is 9.10. The van der Waals surface area contributed by atoms with Gasteiger partial charge in [-0.2, -0.15) is 5.10 Å². The lowest BCUT2D eigenvalue weighted by Crippen LogP contribution is -2.33. The van der Waals surface area contributed by atoms with Crippen molar-refractivity contribution in [2.24, 2.45) is 5.10 Å². The van der Waals surface area contributed by atoms with Crippen LogP contribution in [0.15, 0.2) is 70.2 Å². The van der Waals surface area contributed by atoms with Gasteiger partial charge in [0.1, 0.15) is 5.75 Å². The Morgan fingerprint density at radius 1 is 1.00 bits per heavy atom. The molecule has 0 fully saturated rings. The highest BCUT2D eigenvalue weighted by atomic mass is 79.9. The number of halogens is 2. The Balaban J connectivity index is 1.58. The summed E-state index contributed by atoms with van der Waals surface area (Å²) in [6, 6.07) is 19.8. The molecular weight excluding hydrogens is 480 g/mol. The Labute approximate surface area is 194 Å². The van der Waals surface area contributed by atoms with Gasteiger partial charge in [0.2, 0.25) is 6.23 Å². The summed E-state index contributed by atoms with van der Waals surface area (Å²) in [7, 11) is 3.27. The molecule has 2 aliphatic rings. The van der Waals surface area contributed by atoms with Crippen LogP contribution >= 0.6 is 27.5 Å². The fourth-order valence-electron chi connectivity index (χ4n) is 4.10. The predicted molar refractivity (Wildman–Crippen MR) is 124 cm³/mol. The van der Waals surface area contributed by atoms with E-state index >= 15 is 0 Å². The lowest BCUT2D eigenvalue weighted by molar-refractivity contribution is -0.0190. The van der Waals surface area contributed by atoms with Crippen LogP contribution in [0.2, 0.25) is 5.02 Å². The number of hydrogen-bond donors (Lipinski definition) is 0. The van der Waals surface area contributed by atoms with Gasteiger partial charge in [0.05, 0.1) is 26.0 Å². The van der Waals surface area contributed by atoms with Gasteiger partial charge in [-0.15, -0.1) is 0 Å². The summed E-state index contributed by atoms with van der Waals surface area (Å²) < 4.78 is 18.3. The van der Waals surface area contributed by atoms with E-state index in [0.717, 1.165) is 39.0 Å². The highest BCUT2D eigenvalue weighted by Crippen LogP contribution is 2.48. The first-order valence-corrected chi connectivity index (χ1v) is 11.0. The van der Waals surface area contributed by atoms with E-state index in [2.05, 4.69) is 28.1 Å². The topological polar surface area (TPSA) is 43.3 Å². The van der Waals surface area contributed by atoms with Gasteiger partial charge in [-0.25, -0.2) is 5.01 Å². The average molecular weight is 500 g/mol. The number of hydrogen-bond acceptors (Lipinski definition) is 5. The van der Waals surface area contributed by atoms with E-state index in [1.807, 2.05) is 53.5 Å². The van der Waals surface area contributed by atoms with Gasteiger partial charge < -0.3 is 14.2 Å². The molecule has 0 N–H and O–H groups in total. The van der Waals surface area contributed by atoms with E-state index in [-0.39, 0.29) is 12.3 Å². The van der Waals surface area contributed by atoms with E-state index in [4.69, 9.17) is 30.9 Å². The number of rotatable bonds is 4. The van der Waals surface area contributed by atoms with Crippen LogP contribution in [0.1, 0.15) is 35.4 Å². The van der Waals surface area contributed by atoms with Crippen LogP contribution in [0.4, 0.5) is 0 Å². The lowest BCUT2D eigenvalue weighted by Gasteiger charge is -2.38. The van der Waals surface area contributed by atoms with Crippen LogP contribution in [-0.2, 0) is 0 Å². The molecule has 0 amide bonds. The van der Waals surface area contributed by atoms with Crippen molar-refractivity contribution in [3.63, 3.8) is 0 Å². The molecule has 0 aliphatic carbocycles. The number of methoxy groups -OCH3 is 2. The SMILES string of the molecule is COc1ccc(C2=NN3[C@@H](C2)c2cc(Cl)ccc2O[C@H]3c2ccc(Br)cc2)cc1OC. The third-order valence-corrected chi connectivity index (χ3v) is 6.39. The molecule has 0 saturated carbocycles. The first kappa shape index (κ1) is 20.2. The summed E-state index contributed by atoms with van der Waals surface area (Å²) in [6.45, 7) is 0. The Morgan fingerprint density at radius 2 is 1.77 bits per heavy atom. The summed E-state index contributed by atoms with van der Waals surface area (Å²) in [5.74, 6) is 2.20. The molecule has 2 atom stereocenters. The van der Waals surface area contributed by atoms with Crippen LogP contribution in [0, 0.1) is 0 Å². The Morgan fingerprint density at radius 3 is 2.52 bits per heavy atom. The second kappa shape index (κ2) is 8.09. The Kier molecular flexibility index (Phi) is 5.28. The minimum Gasteiger partial charge on any atom is -0.493 e. The van der Waals surface area contributed by atoms with Gasteiger partial charge in [-0.3, -0.25) is 0 Å². The van der Waals surface area contributed by atoms with Gasteiger partial charge in [0, 0.05) is 32.6 Å². The molecule has 5 nitrogen and oxygen atoms in total. The molecule has 2 heterocycles. The first-order valence-electron chi connectivity index (χ1n) is 9.87. The third-order valence-electron chi connectivity index (χ3n) is 5.62. The van der Waals surface area contributed by atoms with E-state index < -0.39 is 0 Å². The summed E-state index contributed by atoms with van der Waals surface area (Å²) in [5.41, 5.74) is 4.03. The number of fused-ring (bicyclic) bond motifs is 3. The zero-order valence-corrected chi connectivity index (χ0v) is 19.4. The molecule has 7 heteroatoms. The van der Waals surface area contributed by atoms with Crippen LogP contribution in [0.25, 0.3) is 0 Å². The normalized spacial score (nSPS) is 19.2. The van der Waals surface area contributed by atoms with Crippen molar-refractivity contribution in [2.45, 2.75) is 18.7 Å². The predicted octanol–water partition coefficient (Wildman–Crippen LogP) is 6.36. The maximum absolute atomic E-state index is 6.39. The van der Waals surface area contributed by atoms with E-state index in [0.29, 0.717) is 16.5 Å². The standard InChI is InChI=1S/C24H20BrClN2O3/c1-29-22-9-5-15(11-23(22)30-2)19-13-20-18-12-17(26)8-10-21(18)31-24(28(20)27-19)14-3-6-16(25)7-4-14/h3-12,20,24H,13H2,1-2H3/t20-,24-/m0/s1. The zero-order chi connectivity index (χ0) is 21.5. The minimum atomic E-state index is -0.329. The van der Waals surface area contributed by atoms with Gasteiger partial charge >= 0.3 is 0 Å². The molecule has 0 unspecified atom stereocenters. The van der Waals surface area contributed by atoms with Gasteiger partial charge in [0.15, 0.2) is 11.5 Å². The van der Waals surface area contributed by atoms with Crippen molar-refractivity contribution < 1.29 is 14.2 Å². The molecule has 2 aliphatic heterocycles. The molecule has 0 radical (unpaired) electrons. The lowest BCUT2D eigenvalue weighted by atomic mass is 9.95. The average Bonchev–Trinajstić information content (AvgIpc) is 3.24. The maximum Gasteiger partial charge on any atom is 0.213 e. The van der Waals surface area contributed by atoms with Crippen LogP contribution in [-0.4, -0.2) is 24.9 Å². The first-order chi connectivity index (χ1) is 15.1. The third kappa shape index (κ3) is 3.64. The van der Waals surface area contributed by atoms with Crippen LogP contribution < -0.4 is 14.2 Å². The molecule has 31 heavy (non-hydrogen) atoms. The van der Waals surface area contributed by atoms with Crippen LogP contribution in [0.5, 0.6) is 17.2 Å². The number of ether oxygens (including phenoxy) is 3. The number of nitrogens with zero attached hydrogens (tertiary/aromatic N) is 2. The monoisotopic (exact) mass is 498 g/mol. The van der Waals surface area contributed by atoms with Crippen molar-refractivity contribution in [3.8, 4) is 17.2 Å². The Hall–Kier alpha value is -2.70. The van der Waals surface area contributed by atoms with Crippen molar-refractivity contribution in [1.29, 1.82) is 0 Å². The largest absolute Gasteiger partial charge is 0.493 e. The van der Waals surface area contributed by atoms with Crippen molar-refractivity contribution in [2.75, 3.05) is 14.2 Å². The van der Waals surface area contributed by atoms with Gasteiger partial charge in [0.25, 0.3) is 0 Å². The van der Waals surface area contributed by atoms with E-state index in [1.54, 1.807) is 14.2 Å². The maximum atomic E-state index is 6.39. The van der Waals surface area contributed by atoms with Crippen LogP contribution in [0.3, 0.4) is 0 Å². The second-order valence-electron chi connectivity index (χ2n) is 7.42. The quantitative estimate of drug-likeness (QED) is 0.419. The van der Waals surface area contributed by atoms with Crippen molar-refractivity contribution in [1.82, 2.24) is 5.01 Å². The molecular formula is C24H20BrClN2O3. The highest BCUT2D eigenvalue weighted by Gasteiger charge is 2.41. The van der Waals surface area contributed by atoms with E-state index in [1.165, 1.54) is 0 Å². The van der Waals surface area contributed by atoms with Gasteiger partial charge in [-0.1, -0.05) is 39.7 Å². The summed E-state index contributed by atoms with van der Waals surface area (Å²) >= 11 is 9.82. The van der Waals surface area contributed by atoms with E-state index in [9.17, 15) is 0 Å². The van der Waals surface area contributed by atoms with Crippen molar-refractivity contribution >= 4 is 33.2 Å². The Bertz CT molecular complexity index is 1170. The molecule has 3 aromatic carbocycles. The fourth-order valence-corrected chi connectivity index (χ4v) is 4.54.